The van der Waals surface area contributed by atoms with Crippen LogP contribution in [-0.4, -0.2) is 36.5 Å². The molecule has 1 aromatic carbocycles. The third kappa shape index (κ3) is 4.53. The van der Waals surface area contributed by atoms with E-state index >= 15 is 0 Å². The lowest BCUT2D eigenvalue weighted by Gasteiger charge is -2.15. The number of amides is 1. The molecule has 1 aliphatic heterocycles. The third-order valence-electron chi connectivity index (χ3n) is 3.46. The van der Waals surface area contributed by atoms with Gasteiger partial charge in [-0.15, -0.1) is 0 Å². The van der Waals surface area contributed by atoms with E-state index < -0.39 is 0 Å². The minimum atomic E-state index is 0.0908. The van der Waals surface area contributed by atoms with Gasteiger partial charge in [0, 0.05) is 25.7 Å². The highest BCUT2D eigenvalue weighted by Crippen LogP contribution is 2.13. The molecule has 1 N–H and O–H groups in total. The summed E-state index contributed by atoms with van der Waals surface area (Å²) in [6.45, 7) is 7.00. The van der Waals surface area contributed by atoms with E-state index in [0.29, 0.717) is 6.04 Å². The van der Waals surface area contributed by atoms with Crippen LogP contribution >= 0.6 is 0 Å². The summed E-state index contributed by atoms with van der Waals surface area (Å²) in [5.41, 5.74) is 1.22. The first-order valence-electron chi connectivity index (χ1n) is 7.38. The maximum absolute atomic E-state index is 11.9. The van der Waals surface area contributed by atoms with Gasteiger partial charge >= 0.3 is 0 Å². The maximum atomic E-state index is 11.9. The van der Waals surface area contributed by atoms with E-state index in [1.54, 1.807) is 0 Å². The number of carbonyl (C=O) groups is 1. The second kappa shape index (κ2) is 7.29. The molecule has 1 heterocycles. The van der Waals surface area contributed by atoms with Crippen LogP contribution in [0.2, 0.25) is 0 Å². The lowest BCUT2D eigenvalue weighted by molar-refractivity contribution is -0.132. The van der Waals surface area contributed by atoms with Gasteiger partial charge in [-0.2, -0.15) is 0 Å². The van der Waals surface area contributed by atoms with Crippen LogP contribution in [0.4, 0.5) is 0 Å². The van der Waals surface area contributed by atoms with E-state index in [9.17, 15) is 4.79 Å². The molecule has 1 aliphatic rings. The van der Waals surface area contributed by atoms with Gasteiger partial charge in [0.1, 0.15) is 5.75 Å². The normalized spacial score (nSPS) is 14.8. The molecule has 0 atom stereocenters. The van der Waals surface area contributed by atoms with Crippen LogP contribution in [0.25, 0.3) is 0 Å². The zero-order valence-corrected chi connectivity index (χ0v) is 12.4. The topological polar surface area (TPSA) is 41.6 Å². The van der Waals surface area contributed by atoms with Crippen molar-refractivity contribution >= 4 is 5.91 Å². The molecule has 1 amide bonds. The molecule has 0 aliphatic carbocycles. The smallest absolute Gasteiger partial charge is 0.260 e. The fourth-order valence-corrected chi connectivity index (χ4v) is 2.23. The van der Waals surface area contributed by atoms with E-state index in [1.807, 2.05) is 29.2 Å². The number of hydrogen-bond acceptors (Lipinski definition) is 3. The quantitative estimate of drug-likeness (QED) is 0.866. The van der Waals surface area contributed by atoms with Crippen molar-refractivity contribution in [3.05, 3.63) is 29.8 Å². The van der Waals surface area contributed by atoms with Gasteiger partial charge in [0.15, 0.2) is 6.61 Å². The third-order valence-corrected chi connectivity index (χ3v) is 3.46. The summed E-state index contributed by atoms with van der Waals surface area (Å²) in [6.07, 6.45) is 2.23. The predicted molar refractivity (Wildman–Crippen MR) is 79.7 cm³/mol. The SMILES string of the molecule is CC(C)NCc1ccc(OCC(=O)N2CCCC2)cc1. The minimum Gasteiger partial charge on any atom is -0.484 e. The highest BCUT2D eigenvalue weighted by molar-refractivity contribution is 5.78. The summed E-state index contributed by atoms with van der Waals surface area (Å²) in [7, 11) is 0. The van der Waals surface area contributed by atoms with Crippen molar-refractivity contribution < 1.29 is 9.53 Å². The van der Waals surface area contributed by atoms with Crippen molar-refractivity contribution in [2.75, 3.05) is 19.7 Å². The Hall–Kier alpha value is -1.55. The van der Waals surface area contributed by atoms with Crippen molar-refractivity contribution in [3.63, 3.8) is 0 Å². The fourth-order valence-electron chi connectivity index (χ4n) is 2.23. The van der Waals surface area contributed by atoms with E-state index in [2.05, 4.69) is 19.2 Å². The summed E-state index contributed by atoms with van der Waals surface area (Å²) >= 11 is 0. The van der Waals surface area contributed by atoms with Crippen molar-refractivity contribution in [2.24, 2.45) is 0 Å². The van der Waals surface area contributed by atoms with Gasteiger partial charge < -0.3 is 15.0 Å². The highest BCUT2D eigenvalue weighted by atomic mass is 16.5. The lowest BCUT2D eigenvalue weighted by Crippen LogP contribution is -2.32. The van der Waals surface area contributed by atoms with Crippen LogP contribution in [0, 0.1) is 0 Å². The largest absolute Gasteiger partial charge is 0.484 e. The number of likely N-dealkylation sites (tertiary alicyclic amines) is 1. The minimum absolute atomic E-state index is 0.0908. The maximum Gasteiger partial charge on any atom is 0.260 e. The predicted octanol–water partition coefficient (Wildman–Crippen LogP) is 2.19. The van der Waals surface area contributed by atoms with Crippen LogP contribution in [0.3, 0.4) is 0 Å². The molecule has 0 unspecified atom stereocenters. The molecule has 2 rings (SSSR count). The second-order valence-electron chi connectivity index (χ2n) is 5.56. The Morgan fingerprint density at radius 3 is 2.50 bits per heavy atom. The number of ether oxygens (including phenoxy) is 1. The Morgan fingerprint density at radius 1 is 1.25 bits per heavy atom. The van der Waals surface area contributed by atoms with E-state index in [-0.39, 0.29) is 12.5 Å². The molecule has 4 heteroatoms. The molecule has 1 aromatic rings. The first kappa shape index (κ1) is 14.9. The van der Waals surface area contributed by atoms with Crippen molar-refractivity contribution in [3.8, 4) is 5.75 Å². The average Bonchev–Trinajstić information content (AvgIpc) is 2.98. The van der Waals surface area contributed by atoms with E-state index in [1.165, 1.54) is 5.56 Å². The summed E-state index contributed by atoms with van der Waals surface area (Å²) in [5, 5.41) is 3.37. The fraction of sp³-hybridized carbons (Fsp3) is 0.562. The van der Waals surface area contributed by atoms with Crippen LogP contribution < -0.4 is 10.1 Å². The van der Waals surface area contributed by atoms with Crippen LogP contribution in [0.15, 0.2) is 24.3 Å². The van der Waals surface area contributed by atoms with Gasteiger partial charge in [-0.05, 0) is 30.5 Å². The number of nitrogens with zero attached hydrogens (tertiary/aromatic N) is 1. The number of carbonyl (C=O) groups excluding carboxylic acids is 1. The molecule has 1 saturated heterocycles. The highest BCUT2D eigenvalue weighted by Gasteiger charge is 2.17. The van der Waals surface area contributed by atoms with Gasteiger partial charge in [-0.25, -0.2) is 0 Å². The average molecular weight is 276 g/mol. The molecule has 0 bridgehead atoms. The van der Waals surface area contributed by atoms with Crippen LogP contribution in [0.1, 0.15) is 32.3 Å². The van der Waals surface area contributed by atoms with Crippen LogP contribution in [-0.2, 0) is 11.3 Å². The Balaban J connectivity index is 1.77. The Labute approximate surface area is 121 Å². The van der Waals surface area contributed by atoms with Crippen LogP contribution in [0.5, 0.6) is 5.75 Å². The van der Waals surface area contributed by atoms with Gasteiger partial charge in [0.25, 0.3) is 5.91 Å². The first-order valence-corrected chi connectivity index (χ1v) is 7.38. The lowest BCUT2D eigenvalue weighted by atomic mass is 10.2. The van der Waals surface area contributed by atoms with Gasteiger partial charge in [-0.3, -0.25) is 4.79 Å². The molecule has 1 fully saturated rings. The molecular weight excluding hydrogens is 252 g/mol. The summed E-state index contributed by atoms with van der Waals surface area (Å²) < 4.78 is 5.55. The van der Waals surface area contributed by atoms with Gasteiger partial charge in [0.2, 0.25) is 0 Å². The number of hydrogen-bond donors (Lipinski definition) is 1. The van der Waals surface area contributed by atoms with Crippen molar-refractivity contribution in [2.45, 2.75) is 39.3 Å². The molecule has 0 spiro atoms. The molecule has 110 valence electrons. The molecule has 0 saturated carbocycles. The zero-order chi connectivity index (χ0) is 14.4. The Kier molecular flexibility index (Phi) is 5.41. The van der Waals surface area contributed by atoms with Gasteiger partial charge in [0.05, 0.1) is 0 Å². The summed E-state index contributed by atoms with van der Waals surface area (Å²) in [6, 6.07) is 8.39. The summed E-state index contributed by atoms with van der Waals surface area (Å²) in [5.74, 6) is 0.846. The molecule has 20 heavy (non-hydrogen) atoms. The molecule has 4 nitrogen and oxygen atoms in total. The Morgan fingerprint density at radius 2 is 1.90 bits per heavy atom. The van der Waals surface area contributed by atoms with E-state index in [0.717, 1.165) is 38.2 Å². The number of benzene rings is 1. The van der Waals surface area contributed by atoms with E-state index in [4.69, 9.17) is 4.74 Å². The van der Waals surface area contributed by atoms with Crippen molar-refractivity contribution in [1.82, 2.24) is 10.2 Å². The van der Waals surface area contributed by atoms with Crippen molar-refractivity contribution in [1.29, 1.82) is 0 Å². The zero-order valence-electron chi connectivity index (χ0n) is 12.4. The molecular formula is C16H24N2O2. The number of nitrogens with one attached hydrogen (secondary N) is 1. The monoisotopic (exact) mass is 276 g/mol. The summed E-state index contributed by atoms with van der Waals surface area (Å²) in [4.78, 5) is 13.7. The standard InChI is InChI=1S/C16H24N2O2/c1-13(2)17-11-14-5-7-15(8-6-14)20-12-16(19)18-9-3-4-10-18/h5-8,13,17H,3-4,9-12H2,1-2H3. The Bertz CT molecular complexity index is 423. The molecule has 0 radical (unpaired) electrons. The first-order chi connectivity index (χ1) is 9.65. The number of rotatable bonds is 6. The second-order valence-corrected chi connectivity index (χ2v) is 5.56. The molecule has 0 aromatic heterocycles. The van der Waals surface area contributed by atoms with Gasteiger partial charge in [-0.1, -0.05) is 26.0 Å².